The van der Waals surface area contributed by atoms with Gasteiger partial charge in [-0.15, -0.1) is 0 Å². The van der Waals surface area contributed by atoms with E-state index in [1.807, 2.05) is 0 Å². The third-order valence-electron chi connectivity index (χ3n) is 3.17. The fraction of sp³-hybridized carbons (Fsp3) is 0.500. The Morgan fingerprint density at radius 1 is 1.18 bits per heavy atom. The molecule has 0 unspecified atom stereocenters. The van der Waals surface area contributed by atoms with Crippen molar-refractivity contribution in [1.82, 2.24) is 0 Å². The number of rotatable bonds is 4. The highest BCUT2D eigenvalue weighted by Crippen LogP contribution is 2.20. The van der Waals surface area contributed by atoms with E-state index >= 15 is 0 Å². The molecule has 3 heteroatoms. The van der Waals surface area contributed by atoms with Crippen LogP contribution in [0.4, 0.5) is 4.39 Å². The SMILES string of the molecule is O=C(COC1CCCCC1)c1ccc(F)cc1. The third kappa shape index (κ3) is 3.63. The molecule has 2 nitrogen and oxygen atoms in total. The summed E-state index contributed by atoms with van der Waals surface area (Å²) in [7, 11) is 0. The largest absolute Gasteiger partial charge is 0.370 e. The van der Waals surface area contributed by atoms with Crippen LogP contribution < -0.4 is 0 Å². The van der Waals surface area contributed by atoms with Gasteiger partial charge in [0.1, 0.15) is 12.4 Å². The maximum absolute atomic E-state index is 12.7. The summed E-state index contributed by atoms with van der Waals surface area (Å²) in [4.78, 5) is 11.8. The molecule has 0 heterocycles. The molecule has 0 amide bonds. The molecule has 1 aliphatic rings. The zero-order chi connectivity index (χ0) is 12.1. The molecule has 0 atom stereocenters. The van der Waals surface area contributed by atoms with Crippen LogP contribution in [0.15, 0.2) is 24.3 Å². The zero-order valence-electron chi connectivity index (χ0n) is 9.82. The Kier molecular flexibility index (Phi) is 4.26. The second-order valence-corrected chi connectivity index (χ2v) is 4.50. The smallest absolute Gasteiger partial charge is 0.188 e. The number of benzene rings is 1. The quantitative estimate of drug-likeness (QED) is 0.749. The lowest BCUT2D eigenvalue weighted by Gasteiger charge is -2.21. The van der Waals surface area contributed by atoms with Crippen LogP contribution in [0.2, 0.25) is 0 Å². The Hall–Kier alpha value is -1.22. The van der Waals surface area contributed by atoms with Crippen molar-refractivity contribution >= 4 is 5.78 Å². The van der Waals surface area contributed by atoms with Crippen molar-refractivity contribution in [3.05, 3.63) is 35.6 Å². The summed E-state index contributed by atoms with van der Waals surface area (Å²) >= 11 is 0. The van der Waals surface area contributed by atoms with Gasteiger partial charge in [-0.3, -0.25) is 4.79 Å². The third-order valence-corrected chi connectivity index (χ3v) is 3.17. The second-order valence-electron chi connectivity index (χ2n) is 4.50. The first-order valence-electron chi connectivity index (χ1n) is 6.16. The lowest BCUT2D eigenvalue weighted by Crippen LogP contribution is -2.20. The molecule has 92 valence electrons. The van der Waals surface area contributed by atoms with E-state index < -0.39 is 0 Å². The zero-order valence-corrected chi connectivity index (χ0v) is 9.82. The second kappa shape index (κ2) is 5.92. The fourth-order valence-electron chi connectivity index (χ4n) is 2.14. The molecule has 0 aromatic heterocycles. The lowest BCUT2D eigenvalue weighted by molar-refractivity contribution is 0.0284. The van der Waals surface area contributed by atoms with E-state index in [0.717, 1.165) is 12.8 Å². The van der Waals surface area contributed by atoms with Gasteiger partial charge < -0.3 is 4.74 Å². The molecule has 1 fully saturated rings. The average Bonchev–Trinajstić information content (AvgIpc) is 2.38. The van der Waals surface area contributed by atoms with Crippen LogP contribution in [-0.2, 0) is 4.74 Å². The topological polar surface area (TPSA) is 26.3 Å². The number of ketones is 1. The van der Waals surface area contributed by atoms with Crippen molar-refractivity contribution in [2.45, 2.75) is 38.2 Å². The molecule has 1 aromatic carbocycles. The number of hydrogen-bond acceptors (Lipinski definition) is 2. The first-order valence-corrected chi connectivity index (χ1v) is 6.16. The van der Waals surface area contributed by atoms with E-state index in [2.05, 4.69) is 0 Å². The minimum absolute atomic E-state index is 0.0735. The van der Waals surface area contributed by atoms with E-state index in [1.54, 1.807) is 0 Å². The standard InChI is InChI=1S/C14H17FO2/c15-12-8-6-11(7-9-12)14(16)10-17-13-4-2-1-3-5-13/h6-9,13H,1-5,10H2. The molecule has 17 heavy (non-hydrogen) atoms. The number of hydrogen-bond donors (Lipinski definition) is 0. The minimum atomic E-state index is -0.324. The van der Waals surface area contributed by atoms with Gasteiger partial charge in [-0.25, -0.2) is 4.39 Å². The van der Waals surface area contributed by atoms with Gasteiger partial charge in [0.2, 0.25) is 0 Å². The highest BCUT2D eigenvalue weighted by molar-refractivity contribution is 5.97. The summed E-state index contributed by atoms with van der Waals surface area (Å²) in [6.45, 7) is 0.107. The van der Waals surface area contributed by atoms with Crippen molar-refractivity contribution in [3.8, 4) is 0 Å². The molecular formula is C14H17FO2. The van der Waals surface area contributed by atoms with Gasteiger partial charge in [0, 0.05) is 5.56 Å². The first-order chi connectivity index (χ1) is 8.25. The van der Waals surface area contributed by atoms with Gasteiger partial charge in [0.05, 0.1) is 6.10 Å². The van der Waals surface area contributed by atoms with Crippen molar-refractivity contribution in [2.24, 2.45) is 0 Å². The minimum Gasteiger partial charge on any atom is -0.370 e. The Bertz CT molecular complexity index is 366. The summed E-state index contributed by atoms with van der Waals surface area (Å²) in [6, 6.07) is 5.60. The summed E-state index contributed by atoms with van der Waals surface area (Å²) in [5.74, 6) is -0.398. The number of halogens is 1. The number of ether oxygens (including phenoxy) is 1. The summed E-state index contributed by atoms with van der Waals surface area (Å²) < 4.78 is 18.3. The van der Waals surface area contributed by atoms with Crippen LogP contribution in [0.25, 0.3) is 0 Å². The van der Waals surface area contributed by atoms with Gasteiger partial charge in [-0.1, -0.05) is 19.3 Å². The Labute approximate surface area is 101 Å². The molecular weight excluding hydrogens is 219 g/mol. The molecule has 0 aliphatic heterocycles. The molecule has 0 spiro atoms. The van der Waals surface area contributed by atoms with E-state index in [0.29, 0.717) is 5.56 Å². The molecule has 0 N–H and O–H groups in total. The molecule has 2 rings (SSSR count). The number of carbonyl (C=O) groups excluding carboxylic acids is 1. The predicted octanol–water partition coefficient (Wildman–Crippen LogP) is 3.36. The van der Waals surface area contributed by atoms with E-state index in [9.17, 15) is 9.18 Å². The highest BCUT2D eigenvalue weighted by atomic mass is 19.1. The van der Waals surface area contributed by atoms with E-state index in [4.69, 9.17) is 4.74 Å². The average molecular weight is 236 g/mol. The fourth-order valence-corrected chi connectivity index (χ4v) is 2.14. The summed E-state index contributed by atoms with van der Waals surface area (Å²) in [5.41, 5.74) is 0.516. The van der Waals surface area contributed by atoms with Gasteiger partial charge in [0.15, 0.2) is 5.78 Å². The van der Waals surface area contributed by atoms with Gasteiger partial charge >= 0.3 is 0 Å². The number of Topliss-reactive ketones (excluding diaryl/α,β-unsaturated/α-hetero) is 1. The van der Waals surface area contributed by atoms with Crippen molar-refractivity contribution in [2.75, 3.05) is 6.61 Å². The van der Waals surface area contributed by atoms with Crippen molar-refractivity contribution in [3.63, 3.8) is 0 Å². The maximum atomic E-state index is 12.7. The number of carbonyl (C=O) groups is 1. The van der Waals surface area contributed by atoms with Crippen LogP contribution >= 0.6 is 0 Å². The normalized spacial score (nSPS) is 17.0. The molecule has 1 aliphatic carbocycles. The van der Waals surface area contributed by atoms with Crippen LogP contribution in [0.1, 0.15) is 42.5 Å². The monoisotopic (exact) mass is 236 g/mol. The molecule has 0 bridgehead atoms. The molecule has 1 aromatic rings. The van der Waals surface area contributed by atoms with Crippen LogP contribution in [-0.4, -0.2) is 18.5 Å². The molecule has 1 saturated carbocycles. The predicted molar refractivity (Wildman–Crippen MR) is 63.6 cm³/mol. The van der Waals surface area contributed by atoms with Gasteiger partial charge in [-0.2, -0.15) is 0 Å². The maximum Gasteiger partial charge on any atom is 0.188 e. The van der Waals surface area contributed by atoms with Crippen LogP contribution in [0.5, 0.6) is 0 Å². The lowest BCUT2D eigenvalue weighted by atomic mass is 9.98. The van der Waals surface area contributed by atoms with Gasteiger partial charge in [-0.05, 0) is 37.1 Å². The Morgan fingerprint density at radius 2 is 1.82 bits per heavy atom. The first kappa shape index (κ1) is 12.2. The summed E-state index contributed by atoms with van der Waals surface area (Å²) in [5, 5.41) is 0. The van der Waals surface area contributed by atoms with Crippen LogP contribution in [0, 0.1) is 5.82 Å². The summed E-state index contributed by atoms with van der Waals surface area (Å²) in [6.07, 6.45) is 5.98. The van der Waals surface area contributed by atoms with E-state index in [-0.39, 0.29) is 24.3 Å². The Morgan fingerprint density at radius 3 is 2.47 bits per heavy atom. The van der Waals surface area contributed by atoms with Crippen LogP contribution in [0.3, 0.4) is 0 Å². The van der Waals surface area contributed by atoms with Crippen molar-refractivity contribution < 1.29 is 13.9 Å². The molecule has 0 saturated heterocycles. The van der Waals surface area contributed by atoms with E-state index in [1.165, 1.54) is 43.5 Å². The van der Waals surface area contributed by atoms with Crippen molar-refractivity contribution in [1.29, 1.82) is 0 Å². The molecule has 0 radical (unpaired) electrons. The Balaban J connectivity index is 1.82. The van der Waals surface area contributed by atoms with Gasteiger partial charge in [0.25, 0.3) is 0 Å². The highest BCUT2D eigenvalue weighted by Gasteiger charge is 2.15.